The number of hydrogen-bond acceptors (Lipinski definition) is 6. The molecule has 2 aromatic rings. The molecule has 0 spiro atoms. The van der Waals surface area contributed by atoms with Gasteiger partial charge in [0.15, 0.2) is 0 Å². The van der Waals surface area contributed by atoms with E-state index in [9.17, 15) is 4.79 Å². The molecule has 161 valence electrons. The van der Waals surface area contributed by atoms with E-state index >= 15 is 0 Å². The number of ether oxygens (including phenoxy) is 1. The predicted molar refractivity (Wildman–Crippen MR) is 118 cm³/mol. The van der Waals surface area contributed by atoms with E-state index in [4.69, 9.17) is 16.3 Å². The van der Waals surface area contributed by atoms with Crippen molar-refractivity contribution in [2.24, 2.45) is 7.05 Å². The van der Waals surface area contributed by atoms with Crippen LogP contribution in [-0.2, 0) is 11.8 Å². The molecule has 1 fully saturated rings. The summed E-state index contributed by atoms with van der Waals surface area (Å²) in [5.41, 5.74) is 0. The van der Waals surface area contributed by atoms with E-state index in [2.05, 4.69) is 20.4 Å². The second-order valence-electron chi connectivity index (χ2n) is 7.58. The quantitative estimate of drug-likeness (QED) is 0.424. The molecule has 1 aliphatic rings. The number of rotatable bonds is 8. The van der Waals surface area contributed by atoms with Gasteiger partial charge < -0.3 is 4.90 Å². The van der Waals surface area contributed by atoms with Gasteiger partial charge in [-0.2, -0.15) is 0 Å². The summed E-state index contributed by atoms with van der Waals surface area (Å²) in [6.07, 6.45) is 12.4. The van der Waals surface area contributed by atoms with E-state index in [1.165, 1.54) is 0 Å². The van der Waals surface area contributed by atoms with Crippen LogP contribution in [0.15, 0.2) is 30.7 Å². The number of halogens is 1. The average Bonchev–Trinajstić information content (AvgIpc) is 3.09. The van der Waals surface area contributed by atoms with Gasteiger partial charge in [-0.15, -0.1) is 0 Å². The standard InChI is InChI=1S/C20H27AsClN6O2/c1-27(2)9-5-8-18(29)25-15-6-4-7-16(10-15)30-19-17(22)12-23-20(26-19)21-14-11-24-28(3)13-14/h5,8,11-13,15-16H,4,6-7,9-10H2,1-3H3,(H,25,29)/b8-5+. The van der Waals surface area contributed by atoms with Crippen molar-refractivity contribution in [1.29, 1.82) is 0 Å². The molecule has 0 aliphatic heterocycles. The van der Waals surface area contributed by atoms with E-state index in [0.717, 1.165) is 41.2 Å². The Balaban J connectivity index is 1.57. The number of carbonyl (C=O) groups is 1. The SMILES string of the molecule is CN(C)C/C=C/C(=O)NC1CCCC(Oc2nc([As]c3cnn(C)c3)ncc2Cl)C1. The Morgan fingerprint density at radius 2 is 2.27 bits per heavy atom. The first-order valence-corrected chi connectivity index (χ1v) is 12.2. The van der Waals surface area contributed by atoms with Gasteiger partial charge in [0.25, 0.3) is 0 Å². The van der Waals surface area contributed by atoms with Gasteiger partial charge in [-0.1, -0.05) is 0 Å². The van der Waals surface area contributed by atoms with E-state index in [0.29, 0.717) is 10.9 Å². The van der Waals surface area contributed by atoms with Gasteiger partial charge in [0.2, 0.25) is 0 Å². The zero-order valence-corrected chi connectivity index (χ0v) is 20.1. The molecule has 2 atom stereocenters. The molecule has 0 saturated heterocycles. The molecule has 30 heavy (non-hydrogen) atoms. The fourth-order valence-electron chi connectivity index (χ4n) is 3.22. The molecule has 1 radical (unpaired) electrons. The molecular formula is C20H27AsClN6O2. The van der Waals surface area contributed by atoms with Gasteiger partial charge in [0.05, 0.1) is 0 Å². The minimum atomic E-state index is -0.386. The molecule has 1 amide bonds. The maximum absolute atomic E-state index is 12.1. The molecule has 1 aliphatic carbocycles. The molecule has 8 nitrogen and oxygen atoms in total. The first kappa shape index (κ1) is 22.8. The van der Waals surface area contributed by atoms with Crippen LogP contribution < -0.4 is 19.0 Å². The Kier molecular flexibility index (Phi) is 8.31. The zero-order valence-electron chi connectivity index (χ0n) is 17.5. The van der Waals surface area contributed by atoms with Crippen LogP contribution >= 0.6 is 11.6 Å². The number of carbonyl (C=O) groups excluding carboxylic acids is 1. The third-order valence-corrected chi connectivity index (χ3v) is 6.77. The first-order valence-electron chi connectivity index (χ1n) is 9.90. The summed E-state index contributed by atoms with van der Waals surface area (Å²) in [7, 11) is 5.82. The van der Waals surface area contributed by atoms with Crippen LogP contribution in [-0.4, -0.2) is 79.1 Å². The number of amides is 1. The van der Waals surface area contributed by atoms with Crippen LogP contribution in [0.25, 0.3) is 0 Å². The molecule has 10 heteroatoms. The van der Waals surface area contributed by atoms with Crippen molar-refractivity contribution in [3.05, 3.63) is 35.8 Å². The van der Waals surface area contributed by atoms with Gasteiger partial charge in [0, 0.05) is 0 Å². The van der Waals surface area contributed by atoms with E-state index < -0.39 is 0 Å². The van der Waals surface area contributed by atoms with Gasteiger partial charge >= 0.3 is 170 Å². The summed E-state index contributed by atoms with van der Waals surface area (Å²) in [6, 6.07) is 0.0852. The van der Waals surface area contributed by atoms with Crippen LogP contribution in [0, 0.1) is 0 Å². The van der Waals surface area contributed by atoms with E-state index in [1.54, 1.807) is 17.0 Å². The second kappa shape index (κ2) is 10.9. The third-order valence-electron chi connectivity index (χ3n) is 4.61. The van der Waals surface area contributed by atoms with Gasteiger partial charge in [0.1, 0.15) is 0 Å². The van der Waals surface area contributed by atoms with Crippen molar-refractivity contribution < 1.29 is 9.53 Å². The van der Waals surface area contributed by atoms with Crippen molar-refractivity contribution in [2.45, 2.75) is 37.8 Å². The summed E-state index contributed by atoms with van der Waals surface area (Å²) in [6.45, 7) is 0.736. The normalized spacial score (nSPS) is 19.8. The Hall–Kier alpha value is -1.89. The summed E-state index contributed by atoms with van der Waals surface area (Å²) in [5, 5.41) is 7.67. The number of aryl methyl sites for hydroxylation is 1. The maximum atomic E-state index is 12.1. The number of nitrogens with zero attached hydrogens (tertiary/aromatic N) is 5. The fourth-order valence-corrected chi connectivity index (χ4v) is 5.08. The summed E-state index contributed by atoms with van der Waals surface area (Å²) >= 11 is 5.90. The molecule has 2 aromatic heterocycles. The Morgan fingerprint density at radius 1 is 1.43 bits per heavy atom. The van der Waals surface area contributed by atoms with Gasteiger partial charge in [-0.25, -0.2) is 0 Å². The minimum absolute atomic E-state index is 0.0373. The topological polar surface area (TPSA) is 85.2 Å². The van der Waals surface area contributed by atoms with Crippen LogP contribution in [0.1, 0.15) is 25.7 Å². The average molecular weight is 494 g/mol. The Morgan fingerprint density at radius 3 is 3.00 bits per heavy atom. The fraction of sp³-hybridized carbons (Fsp3) is 0.500. The molecule has 0 aromatic carbocycles. The van der Waals surface area contributed by atoms with Crippen molar-refractivity contribution in [2.75, 3.05) is 20.6 Å². The Labute approximate surface area is 188 Å². The van der Waals surface area contributed by atoms with Gasteiger partial charge in [-0.05, 0) is 14.1 Å². The summed E-state index contributed by atoms with van der Waals surface area (Å²) < 4.78 is 9.74. The molecule has 0 bridgehead atoms. The first-order chi connectivity index (χ1) is 14.4. The second-order valence-corrected chi connectivity index (χ2v) is 10.4. The van der Waals surface area contributed by atoms with E-state index in [-0.39, 0.29) is 33.8 Å². The van der Waals surface area contributed by atoms with Crippen LogP contribution in [0.3, 0.4) is 0 Å². The third kappa shape index (κ3) is 7.11. The number of hydrogen-bond donors (Lipinski definition) is 1. The monoisotopic (exact) mass is 493 g/mol. The van der Waals surface area contributed by atoms with Crippen molar-refractivity contribution in [3.8, 4) is 5.88 Å². The van der Waals surface area contributed by atoms with Crippen LogP contribution in [0.5, 0.6) is 5.88 Å². The molecule has 1 saturated carbocycles. The molecule has 2 heterocycles. The number of nitrogens with one attached hydrogen (secondary N) is 1. The zero-order chi connectivity index (χ0) is 21.5. The van der Waals surface area contributed by atoms with Crippen molar-refractivity contribution >= 4 is 42.2 Å². The van der Waals surface area contributed by atoms with Crippen molar-refractivity contribution in [3.63, 3.8) is 0 Å². The van der Waals surface area contributed by atoms with E-state index in [1.807, 2.05) is 44.5 Å². The van der Waals surface area contributed by atoms with Crippen molar-refractivity contribution in [1.82, 2.24) is 30.0 Å². The van der Waals surface area contributed by atoms with Crippen LogP contribution in [0.4, 0.5) is 0 Å². The molecular weight excluding hydrogens is 467 g/mol. The van der Waals surface area contributed by atoms with Gasteiger partial charge in [-0.3, -0.25) is 0 Å². The van der Waals surface area contributed by atoms with Crippen LogP contribution in [0.2, 0.25) is 5.02 Å². The molecule has 3 rings (SSSR count). The molecule has 2 unspecified atom stereocenters. The Bertz CT molecular complexity index is 888. The number of aromatic nitrogens is 4. The molecule has 1 N–H and O–H groups in total. The predicted octanol–water partition coefficient (Wildman–Crippen LogP) is 0.443. The summed E-state index contributed by atoms with van der Waals surface area (Å²) in [5.74, 6) is 0.356. The summed E-state index contributed by atoms with van der Waals surface area (Å²) in [4.78, 5) is 23.0. The number of likely N-dealkylation sites (N-methyl/N-ethyl adjacent to an activating group) is 1.